The molecule has 0 radical (unpaired) electrons. The molecule has 1 saturated heterocycles. The third-order valence-electron chi connectivity index (χ3n) is 4.77. The van der Waals surface area contributed by atoms with Gasteiger partial charge in [-0.05, 0) is 56.3 Å². The van der Waals surface area contributed by atoms with Crippen LogP contribution >= 0.6 is 0 Å². The second kappa shape index (κ2) is 14.9. The number of nitrogens with one attached hydrogen (secondary N) is 1. The van der Waals surface area contributed by atoms with E-state index in [0.29, 0.717) is 18.7 Å². The Hall–Kier alpha value is -1.10. The molecule has 1 atom stereocenters. The van der Waals surface area contributed by atoms with Gasteiger partial charge in [0.25, 0.3) is 0 Å². The SMILES string of the molecule is CC.CC(C)NC1CCCN(CCOc2cccc(CCCCCO)c2)C1.[HH]. The molecule has 27 heavy (non-hydrogen) atoms. The Labute approximate surface area is 168 Å². The van der Waals surface area contributed by atoms with E-state index in [0.717, 1.165) is 51.1 Å². The zero-order valence-corrected chi connectivity index (χ0v) is 18.0. The molecular weight excluding hydrogens is 336 g/mol. The van der Waals surface area contributed by atoms with E-state index in [4.69, 9.17) is 9.84 Å². The summed E-state index contributed by atoms with van der Waals surface area (Å²) in [4.78, 5) is 2.52. The van der Waals surface area contributed by atoms with Gasteiger partial charge in [-0.25, -0.2) is 0 Å². The van der Waals surface area contributed by atoms with Crippen LogP contribution in [-0.4, -0.2) is 54.9 Å². The molecule has 1 fully saturated rings. The third-order valence-corrected chi connectivity index (χ3v) is 4.77. The summed E-state index contributed by atoms with van der Waals surface area (Å²) in [6.45, 7) is 12.8. The zero-order chi connectivity index (χ0) is 19.9. The Morgan fingerprint density at radius 1 is 1.26 bits per heavy atom. The van der Waals surface area contributed by atoms with Crippen molar-refractivity contribution < 1.29 is 11.3 Å². The van der Waals surface area contributed by atoms with Gasteiger partial charge in [-0.1, -0.05) is 46.2 Å². The molecule has 0 aliphatic carbocycles. The Morgan fingerprint density at radius 2 is 2.07 bits per heavy atom. The van der Waals surface area contributed by atoms with Gasteiger partial charge < -0.3 is 15.2 Å². The van der Waals surface area contributed by atoms with Crippen molar-refractivity contribution in [2.24, 2.45) is 0 Å². The number of benzene rings is 1. The number of nitrogens with zero attached hydrogens (tertiary/aromatic N) is 1. The van der Waals surface area contributed by atoms with Crippen molar-refractivity contribution in [1.29, 1.82) is 0 Å². The minimum absolute atomic E-state index is 0. The van der Waals surface area contributed by atoms with Gasteiger partial charge in [0.1, 0.15) is 12.4 Å². The number of unbranched alkanes of at least 4 members (excludes halogenated alkanes) is 2. The minimum Gasteiger partial charge on any atom is -0.492 e. The number of rotatable bonds is 11. The largest absolute Gasteiger partial charge is 0.492 e. The number of aliphatic hydroxyl groups is 1. The topological polar surface area (TPSA) is 44.7 Å². The number of aryl methyl sites for hydroxylation is 1. The van der Waals surface area contributed by atoms with Crippen LogP contribution in [0.3, 0.4) is 0 Å². The van der Waals surface area contributed by atoms with Gasteiger partial charge >= 0.3 is 0 Å². The predicted molar refractivity (Wildman–Crippen MR) is 118 cm³/mol. The Morgan fingerprint density at radius 3 is 2.81 bits per heavy atom. The highest BCUT2D eigenvalue weighted by Gasteiger charge is 2.19. The van der Waals surface area contributed by atoms with Gasteiger partial charge in [0.05, 0.1) is 0 Å². The molecule has 2 N–H and O–H groups in total. The Kier molecular flexibility index (Phi) is 13.2. The molecule has 1 aliphatic heterocycles. The van der Waals surface area contributed by atoms with Crippen LogP contribution < -0.4 is 10.1 Å². The van der Waals surface area contributed by atoms with E-state index in [1.165, 1.54) is 24.9 Å². The van der Waals surface area contributed by atoms with E-state index < -0.39 is 0 Å². The van der Waals surface area contributed by atoms with Crippen molar-refractivity contribution in [3.63, 3.8) is 0 Å². The lowest BCUT2D eigenvalue weighted by Gasteiger charge is -2.34. The molecule has 2 rings (SSSR count). The van der Waals surface area contributed by atoms with Gasteiger partial charge in [0, 0.05) is 33.2 Å². The van der Waals surface area contributed by atoms with Crippen LogP contribution in [0, 0.1) is 0 Å². The fourth-order valence-electron chi connectivity index (χ4n) is 3.57. The van der Waals surface area contributed by atoms with E-state index in [-0.39, 0.29) is 1.43 Å². The number of piperidine rings is 1. The quantitative estimate of drug-likeness (QED) is 0.555. The molecule has 0 saturated carbocycles. The van der Waals surface area contributed by atoms with E-state index >= 15 is 0 Å². The molecule has 1 unspecified atom stereocenters. The molecule has 0 amide bonds. The van der Waals surface area contributed by atoms with Crippen molar-refractivity contribution in [1.82, 2.24) is 10.2 Å². The smallest absolute Gasteiger partial charge is 0.119 e. The van der Waals surface area contributed by atoms with E-state index in [1.807, 2.05) is 13.8 Å². The maximum Gasteiger partial charge on any atom is 0.119 e. The molecule has 158 valence electrons. The summed E-state index contributed by atoms with van der Waals surface area (Å²) in [5, 5.41) is 12.5. The first-order chi connectivity index (χ1) is 13.2. The van der Waals surface area contributed by atoms with Crippen LogP contribution in [0.15, 0.2) is 24.3 Å². The first kappa shape index (κ1) is 23.9. The maximum absolute atomic E-state index is 8.84. The zero-order valence-electron chi connectivity index (χ0n) is 18.0. The molecule has 1 heterocycles. The van der Waals surface area contributed by atoms with Crippen molar-refractivity contribution in [2.75, 3.05) is 32.8 Å². The fraction of sp³-hybridized carbons (Fsp3) is 0.739. The van der Waals surface area contributed by atoms with Crippen molar-refractivity contribution >= 4 is 0 Å². The minimum atomic E-state index is 0. The average Bonchev–Trinajstić information content (AvgIpc) is 2.67. The fourth-order valence-corrected chi connectivity index (χ4v) is 3.57. The molecule has 4 heteroatoms. The van der Waals surface area contributed by atoms with Crippen LogP contribution in [0.25, 0.3) is 0 Å². The highest BCUT2D eigenvalue weighted by molar-refractivity contribution is 5.28. The van der Waals surface area contributed by atoms with Crippen molar-refractivity contribution in [3.8, 4) is 5.75 Å². The Bertz CT molecular complexity index is 485. The molecule has 0 aromatic heterocycles. The van der Waals surface area contributed by atoms with Crippen LogP contribution in [-0.2, 0) is 6.42 Å². The number of aliphatic hydroxyl groups excluding tert-OH is 1. The lowest BCUT2D eigenvalue weighted by atomic mass is 10.1. The van der Waals surface area contributed by atoms with E-state index in [1.54, 1.807) is 0 Å². The second-order valence-electron chi connectivity index (χ2n) is 7.49. The van der Waals surface area contributed by atoms with E-state index in [2.05, 4.69) is 48.3 Å². The molecule has 0 bridgehead atoms. The van der Waals surface area contributed by atoms with E-state index in [9.17, 15) is 0 Å². The lowest BCUT2D eigenvalue weighted by Crippen LogP contribution is -2.48. The highest BCUT2D eigenvalue weighted by atomic mass is 16.5. The highest BCUT2D eigenvalue weighted by Crippen LogP contribution is 2.16. The van der Waals surface area contributed by atoms with Crippen LogP contribution in [0.4, 0.5) is 0 Å². The number of hydrogen-bond acceptors (Lipinski definition) is 4. The van der Waals surface area contributed by atoms with Gasteiger partial charge in [-0.2, -0.15) is 0 Å². The van der Waals surface area contributed by atoms with Gasteiger partial charge in [0.2, 0.25) is 0 Å². The van der Waals surface area contributed by atoms with Gasteiger partial charge in [-0.15, -0.1) is 0 Å². The van der Waals surface area contributed by atoms with Gasteiger partial charge in [-0.3, -0.25) is 4.90 Å². The number of hydrogen-bond donors (Lipinski definition) is 2. The molecule has 4 nitrogen and oxygen atoms in total. The second-order valence-corrected chi connectivity index (χ2v) is 7.49. The summed E-state index contributed by atoms with van der Waals surface area (Å²) in [6.07, 6.45) is 6.73. The lowest BCUT2D eigenvalue weighted by molar-refractivity contribution is 0.156. The van der Waals surface area contributed by atoms with Crippen LogP contribution in [0.2, 0.25) is 0 Å². The first-order valence-corrected chi connectivity index (χ1v) is 11.0. The van der Waals surface area contributed by atoms with Crippen LogP contribution in [0.5, 0.6) is 5.75 Å². The first-order valence-electron chi connectivity index (χ1n) is 11.0. The van der Waals surface area contributed by atoms with Crippen LogP contribution in [0.1, 0.15) is 66.8 Å². The monoisotopic (exact) mass is 380 g/mol. The number of ether oxygens (including phenoxy) is 1. The third kappa shape index (κ3) is 10.7. The van der Waals surface area contributed by atoms with Crippen molar-refractivity contribution in [2.45, 2.75) is 78.3 Å². The summed E-state index contributed by atoms with van der Waals surface area (Å²) in [5.41, 5.74) is 1.33. The molecule has 1 aromatic rings. The summed E-state index contributed by atoms with van der Waals surface area (Å²) < 4.78 is 5.99. The summed E-state index contributed by atoms with van der Waals surface area (Å²) in [5.74, 6) is 0.980. The molecule has 1 aliphatic rings. The molecule has 1 aromatic carbocycles. The normalized spacial score (nSPS) is 17.5. The summed E-state index contributed by atoms with van der Waals surface area (Å²) >= 11 is 0. The average molecular weight is 381 g/mol. The summed E-state index contributed by atoms with van der Waals surface area (Å²) in [6, 6.07) is 9.64. The molecular formula is C23H44N2O2. The predicted octanol–water partition coefficient (Wildman–Crippen LogP) is 4.51. The standard InChI is InChI=1S/C21H36N2O2.C2H6.H2/c1-18(2)22-20-10-7-12-23(17-20)13-15-25-21-11-6-9-19(16-21)8-4-3-5-14-24;1-2;/h6,9,11,16,18,20,22,24H,3-5,7-8,10,12-15,17H2,1-2H3;1-2H3;1H. The summed E-state index contributed by atoms with van der Waals surface area (Å²) in [7, 11) is 0. The van der Waals surface area contributed by atoms with Crippen molar-refractivity contribution in [3.05, 3.63) is 29.8 Å². The van der Waals surface area contributed by atoms with Gasteiger partial charge in [0.15, 0.2) is 0 Å². The number of likely N-dealkylation sites (tertiary alicyclic amines) is 1. The maximum atomic E-state index is 8.84. The Balaban J connectivity index is 0.00000235. The molecule has 0 spiro atoms.